The number of benzene rings is 1. The summed E-state index contributed by atoms with van der Waals surface area (Å²) in [7, 11) is 0. The molecule has 142 valence electrons. The molecule has 3 N–H and O–H groups in total. The van der Waals surface area contributed by atoms with E-state index in [2.05, 4.69) is 24.3 Å². The number of para-hydroxylation sites is 1. The molecule has 0 saturated heterocycles. The molecule has 2 aromatic rings. The third kappa shape index (κ3) is 4.10. The van der Waals surface area contributed by atoms with Crippen molar-refractivity contribution in [1.82, 2.24) is 15.1 Å². The lowest BCUT2D eigenvalue weighted by Gasteiger charge is -2.31. The van der Waals surface area contributed by atoms with E-state index in [-0.39, 0.29) is 18.3 Å². The van der Waals surface area contributed by atoms with Gasteiger partial charge in [0, 0.05) is 17.8 Å². The van der Waals surface area contributed by atoms with Crippen LogP contribution >= 0.6 is 12.4 Å². The summed E-state index contributed by atoms with van der Waals surface area (Å²) >= 11 is 0. The first-order valence-electron chi connectivity index (χ1n) is 9.12. The number of rotatable bonds is 6. The average molecular weight is 377 g/mol. The third-order valence-electron chi connectivity index (χ3n) is 4.87. The molecule has 26 heavy (non-hydrogen) atoms. The fourth-order valence-electron chi connectivity index (χ4n) is 3.82. The SMILES string of the molecule is CC(C)CC(C)(CN)NC(=O)c1nn(-c2ccccc2)c2c1CCC2.Cl. The van der Waals surface area contributed by atoms with Crippen LogP contribution in [0.15, 0.2) is 30.3 Å². The molecule has 0 fully saturated rings. The van der Waals surface area contributed by atoms with Crippen LogP contribution in [-0.4, -0.2) is 27.8 Å². The number of carbonyl (C=O) groups is 1. The number of aromatic nitrogens is 2. The van der Waals surface area contributed by atoms with Crippen molar-refractivity contribution in [2.45, 2.75) is 52.0 Å². The summed E-state index contributed by atoms with van der Waals surface area (Å²) < 4.78 is 1.93. The Balaban J connectivity index is 0.00000243. The monoisotopic (exact) mass is 376 g/mol. The Morgan fingerprint density at radius 3 is 2.62 bits per heavy atom. The summed E-state index contributed by atoms with van der Waals surface area (Å²) in [6.45, 7) is 6.71. The van der Waals surface area contributed by atoms with Crippen LogP contribution in [0.1, 0.15) is 55.4 Å². The number of nitrogens with two attached hydrogens (primary N) is 1. The van der Waals surface area contributed by atoms with Gasteiger partial charge in [-0.05, 0) is 50.7 Å². The summed E-state index contributed by atoms with van der Waals surface area (Å²) in [5, 5.41) is 7.81. The number of hydrogen-bond acceptors (Lipinski definition) is 3. The zero-order valence-electron chi connectivity index (χ0n) is 15.8. The van der Waals surface area contributed by atoms with Gasteiger partial charge in [0.1, 0.15) is 0 Å². The summed E-state index contributed by atoms with van der Waals surface area (Å²) in [6.07, 6.45) is 3.79. The number of hydrogen-bond donors (Lipinski definition) is 2. The summed E-state index contributed by atoms with van der Waals surface area (Å²) in [6, 6.07) is 10.0. The zero-order chi connectivity index (χ0) is 18.0. The average Bonchev–Trinajstić information content (AvgIpc) is 3.16. The van der Waals surface area contributed by atoms with Crippen molar-refractivity contribution >= 4 is 18.3 Å². The largest absolute Gasteiger partial charge is 0.344 e. The van der Waals surface area contributed by atoms with Gasteiger partial charge in [0.2, 0.25) is 0 Å². The fourth-order valence-corrected chi connectivity index (χ4v) is 3.82. The maximum Gasteiger partial charge on any atom is 0.272 e. The molecule has 0 bridgehead atoms. The van der Waals surface area contributed by atoms with Gasteiger partial charge in [-0.2, -0.15) is 5.10 Å². The summed E-state index contributed by atoms with van der Waals surface area (Å²) in [5.74, 6) is 0.350. The summed E-state index contributed by atoms with van der Waals surface area (Å²) in [5.41, 5.74) is 9.35. The molecule has 1 unspecified atom stereocenters. The highest BCUT2D eigenvalue weighted by atomic mass is 35.5. The highest BCUT2D eigenvalue weighted by Gasteiger charge is 2.31. The smallest absolute Gasteiger partial charge is 0.272 e. The minimum absolute atomic E-state index is 0. The maximum atomic E-state index is 13.0. The molecule has 0 aliphatic heterocycles. The van der Waals surface area contributed by atoms with Crippen LogP contribution in [0.25, 0.3) is 5.69 Å². The molecule has 3 rings (SSSR count). The van der Waals surface area contributed by atoms with Gasteiger partial charge in [-0.25, -0.2) is 4.68 Å². The van der Waals surface area contributed by atoms with Crippen molar-refractivity contribution < 1.29 is 4.79 Å². The Kier molecular flexibility index (Phi) is 6.48. The van der Waals surface area contributed by atoms with E-state index in [0.29, 0.717) is 18.2 Å². The predicted octanol–water partition coefficient (Wildman–Crippen LogP) is 3.28. The molecule has 5 nitrogen and oxygen atoms in total. The lowest BCUT2D eigenvalue weighted by atomic mass is 9.90. The number of carbonyl (C=O) groups excluding carboxylic acids is 1. The van der Waals surface area contributed by atoms with E-state index in [1.807, 2.05) is 41.9 Å². The van der Waals surface area contributed by atoms with E-state index in [1.165, 1.54) is 0 Å². The minimum atomic E-state index is -0.409. The van der Waals surface area contributed by atoms with Crippen LogP contribution in [0.2, 0.25) is 0 Å². The van der Waals surface area contributed by atoms with E-state index in [1.54, 1.807) is 0 Å². The second kappa shape index (κ2) is 8.23. The van der Waals surface area contributed by atoms with Crippen molar-refractivity contribution in [2.24, 2.45) is 11.7 Å². The lowest BCUT2D eigenvalue weighted by molar-refractivity contribution is 0.0891. The first kappa shape index (κ1) is 20.5. The fraction of sp³-hybridized carbons (Fsp3) is 0.500. The standard InChI is InChI=1S/C20H28N4O.ClH/c1-14(2)12-20(3,13-21)22-19(25)18-16-10-7-11-17(16)24(23-18)15-8-5-4-6-9-15;/h4-6,8-9,14H,7,10-13,21H2,1-3H3,(H,22,25);1H. The van der Waals surface area contributed by atoms with Gasteiger partial charge in [-0.15, -0.1) is 12.4 Å². The Labute approximate surface area is 161 Å². The van der Waals surface area contributed by atoms with E-state index < -0.39 is 5.54 Å². The van der Waals surface area contributed by atoms with Gasteiger partial charge < -0.3 is 11.1 Å². The number of halogens is 1. The van der Waals surface area contributed by atoms with Crippen LogP contribution in [-0.2, 0) is 12.8 Å². The highest BCUT2D eigenvalue weighted by Crippen LogP contribution is 2.28. The van der Waals surface area contributed by atoms with Gasteiger partial charge >= 0.3 is 0 Å². The topological polar surface area (TPSA) is 72.9 Å². The molecule has 1 aromatic heterocycles. The van der Waals surface area contributed by atoms with Crippen molar-refractivity contribution in [3.05, 3.63) is 47.3 Å². The molecule has 0 saturated carbocycles. The van der Waals surface area contributed by atoms with Gasteiger partial charge in [-0.3, -0.25) is 4.79 Å². The quantitative estimate of drug-likeness (QED) is 0.812. The van der Waals surface area contributed by atoms with E-state index in [9.17, 15) is 4.79 Å². The Morgan fingerprint density at radius 1 is 1.31 bits per heavy atom. The first-order valence-corrected chi connectivity index (χ1v) is 9.12. The highest BCUT2D eigenvalue weighted by molar-refractivity contribution is 5.94. The molecule has 1 aliphatic carbocycles. The molecule has 1 amide bonds. The van der Waals surface area contributed by atoms with Gasteiger partial charge in [-0.1, -0.05) is 32.0 Å². The normalized spacial score (nSPS) is 15.3. The number of nitrogens with zero attached hydrogens (tertiary/aromatic N) is 2. The maximum absolute atomic E-state index is 13.0. The second-order valence-corrected chi connectivity index (χ2v) is 7.69. The second-order valence-electron chi connectivity index (χ2n) is 7.69. The van der Waals surface area contributed by atoms with Crippen LogP contribution in [0, 0.1) is 5.92 Å². The van der Waals surface area contributed by atoms with Crippen molar-refractivity contribution in [2.75, 3.05) is 6.54 Å². The Morgan fingerprint density at radius 2 is 2.00 bits per heavy atom. The molecular weight excluding hydrogens is 348 g/mol. The van der Waals surface area contributed by atoms with Gasteiger partial charge in [0.25, 0.3) is 5.91 Å². The molecule has 0 radical (unpaired) electrons. The third-order valence-corrected chi connectivity index (χ3v) is 4.87. The molecule has 1 heterocycles. The van der Waals surface area contributed by atoms with E-state index in [0.717, 1.165) is 42.6 Å². The molecule has 0 spiro atoms. The van der Waals surface area contributed by atoms with Crippen molar-refractivity contribution in [1.29, 1.82) is 0 Å². The van der Waals surface area contributed by atoms with E-state index >= 15 is 0 Å². The van der Waals surface area contributed by atoms with Crippen LogP contribution in [0.3, 0.4) is 0 Å². The lowest BCUT2D eigenvalue weighted by Crippen LogP contribution is -2.52. The summed E-state index contributed by atoms with van der Waals surface area (Å²) in [4.78, 5) is 13.0. The first-order chi connectivity index (χ1) is 11.9. The van der Waals surface area contributed by atoms with Crippen LogP contribution in [0.5, 0.6) is 0 Å². The van der Waals surface area contributed by atoms with Crippen LogP contribution < -0.4 is 11.1 Å². The van der Waals surface area contributed by atoms with Gasteiger partial charge in [0.15, 0.2) is 5.69 Å². The molecule has 1 aliphatic rings. The Hall–Kier alpha value is -1.85. The van der Waals surface area contributed by atoms with Crippen molar-refractivity contribution in [3.8, 4) is 5.69 Å². The predicted molar refractivity (Wildman–Crippen MR) is 107 cm³/mol. The van der Waals surface area contributed by atoms with Crippen molar-refractivity contribution in [3.63, 3.8) is 0 Å². The zero-order valence-corrected chi connectivity index (χ0v) is 16.6. The van der Waals surface area contributed by atoms with E-state index in [4.69, 9.17) is 5.73 Å². The Bertz CT molecular complexity index is 757. The van der Waals surface area contributed by atoms with Crippen LogP contribution in [0.4, 0.5) is 0 Å². The molecule has 1 aromatic carbocycles. The number of amides is 1. The minimum Gasteiger partial charge on any atom is -0.344 e. The molecule has 1 atom stereocenters. The molecular formula is C20H29ClN4O. The number of nitrogens with one attached hydrogen (secondary N) is 1. The van der Waals surface area contributed by atoms with Gasteiger partial charge in [0.05, 0.1) is 11.2 Å². The molecule has 6 heteroatoms. The number of fused-ring (bicyclic) bond motifs is 1.